The molecule has 1 unspecified atom stereocenters. The van der Waals surface area contributed by atoms with Gasteiger partial charge in [0.15, 0.2) is 5.82 Å². The van der Waals surface area contributed by atoms with E-state index in [0.717, 1.165) is 42.4 Å². The second-order valence-electron chi connectivity index (χ2n) is 14.0. The van der Waals surface area contributed by atoms with E-state index in [1.807, 2.05) is 17.9 Å². The van der Waals surface area contributed by atoms with Crippen LogP contribution in [0.4, 0.5) is 8.78 Å². The van der Waals surface area contributed by atoms with Crippen molar-refractivity contribution in [3.05, 3.63) is 63.1 Å². The van der Waals surface area contributed by atoms with Gasteiger partial charge in [0.05, 0.1) is 33.7 Å². The van der Waals surface area contributed by atoms with Gasteiger partial charge in [-0.05, 0) is 75.1 Å². The number of hydrogen-bond acceptors (Lipinski definition) is 4. The second kappa shape index (κ2) is 10.4. The van der Waals surface area contributed by atoms with Gasteiger partial charge in [0.25, 0.3) is 0 Å². The van der Waals surface area contributed by atoms with Crippen molar-refractivity contribution in [1.82, 2.24) is 19.8 Å². The number of nitriles is 1. The van der Waals surface area contributed by atoms with Gasteiger partial charge in [0.2, 0.25) is 5.91 Å². The highest BCUT2D eigenvalue weighted by Gasteiger charge is 2.58. The highest BCUT2D eigenvalue weighted by Crippen LogP contribution is 2.57. The average molecular weight is 661 g/mol. The number of nitrogens with one attached hydrogen (secondary N) is 1. The number of hydrogen-bond donors (Lipinski definition) is 1. The molecule has 3 saturated carbocycles. The van der Waals surface area contributed by atoms with Crippen molar-refractivity contribution in [3.8, 4) is 17.2 Å². The Morgan fingerprint density at radius 1 is 1.17 bits per heavy atom. The number of fused-ring (bicyclic) bond motifs is 6. The molecule has 2 aromatic carbocycles. The predicted molar refractivity (Wildman–Crippen MR) is 174 cm³/mol. The molecule has 4 aromatic rings. The lowest BCUT2D eigenvalue weighted by Gasteiger charge is -2.42. The average Bonchev–Trinajstić information content (AvgIpc) is 3.39. The van der Waals surface area contributed by atoms with E-state index in [0.29, 0.717) is 58.0 Å². The number of aryl methyl sites for hydroxylation is 2. The lowest BCUT2D eigenvalue weighted by atomic mass is 9.79. The van der Waals surface area contributed by atoms with Crippen LogP contribution in [-0.2, 0) is 11.2 Å². The first-order valence-corrected chi connectivity index (χ1v) is 17.2. The molecule has 1 N–H and O–H groups in total. The monoisotopic (exact) mass is 659 g/mol. The summed E-state index contributed by atoms with van der Waals surface area (Å²) < 4.78 is 35.0. The molecule has 0 radical (unpaired) electrons. The van der Waals surface area contributed by atoms with Crippen LogP contribution in [0, 0.1) is 41.8 Å². The fraction of sp³-hybridized carbons (Fsp3) is 0.472. The van der Waals surface area contributed by atoms with Crippen molar-refractivity contribution in [2.45, 2.75) is 82.2 Å². The Bertz CT molecular complexity index is 2000. The summed E-state index contributed by atoms with van der Waals surface area (Å²) in [6.07, 6.45) is 3.49. The lowest BCUT2D eigenvalue weighted by Crippen LogP contribution is -2.46. The Hall–Kier alpha value is -3.25. The summed E-state index contributed by atoms with van der Waals surface area (Å²) in [5, 5.41) is 15.3. The van der Waals surface area contributed by atoms with Gasteiger partial charge in [-0.1, -0.05) is 35.3 Å². The van der Waals surface area contributed by atoms with Gasteiger partial charge in [-0.2, -0.15) is 5.26 Å². The number of nitrogens with zero attached hydrogens (tertiary/aromatic N) is 4. The molecule has 1 amide bonds. The zero-order valence-electron chi connectivity index (χ0n) is 25.4. The minimum atomic E-state index is -0.961. The number of pyridine rings is 1. The van der Waals surface area contributed by atoms with Crippen LogP contribution in [0.1, 0.15) is 67.6 Å². The molecule has 5 heterocycles. The van der Waals surface area contributed by atoms with Crippen LogP contribution in [0.25, 0.3) is 32.9 Å². The zero-order valence-corrected chi connectivity index (χ0v) is 26.9. The third-order valence-electron chi connectivity index (χ3n) is 11.5. The number of alkyl halides is 1. The molecule has 3 aliphatic heterocycles. The molecule has 10 rings (SSSR count). The molecular formula is C36H33Cl2F2N5O. The molecule has 4 bridgehead atoms. The van der Waals surface area contributed by atoms with Crippen LogP contribution in [0.5, 0.6) is 0 Å². The lowest BCUT2D eigenvalue weighted by molar-refractivity contribution is -0.138. The van der Waals surface area contributed by atoms with Gasteiger partial charge in [-0.15, -0.1) is 0 Å². The quantitative estimate of drug-likeness (QED) is 0.228. The van der Waals surface area contributed by atoms with Crippen molar-refractivity contribution in [2.75, 3.05) is 6.54 Å². The van der Waals surface area contributed by atoms with Crippen LogP contribution in [0.3, 0.4) is 0 Å². The summed E-state index contributed by atoms with van der Waals surface area (Å²) in [6, 6.07) is 11.4. The van der Waals surface area contributed by atoms with Gasteiger partial charge in [0, 0.05) is 70.2 Å². The molecule has 46 heavy (non-hydrogen) atoms. The highest BCUT2D eigenvalue weighted by molar-refractivity contribution is 6.43. The summed E-state index contributed by atoms with van der Waals surface area (Å²) in [6.45, 7) is 2.79. The minimum Gasteiger partial charge on any atom is -0.337 e. The molecule has 236 valence electrons. The van der Waals surface area contributed by atoms with E-state index in [-0.39, 0.29) is 58.9 Å². The number of aromatic nitrogens is 2. The topological polar surface area (TPSA) is 74.0 Å². The van der Waals surface area contributed by atoms with Crippen molar-refractivity contribution in [1.29, 1.82) is 5.26 Å². The standard InChI is InChI=1S/C36H33Cl2F2N5O/c1-16-22-14-28(35-23-12-20(13-26(23)39)44(35)36(46)17-7-8-17)45(33-19-11-27(33)42-15-19)34(22)24-10-18(4-3-9-41)29(31(40)32(24)43-16)21-5-2-6-25(37)30(21)38/h2,5-6,10,14,17,19-20,23,26-27,33,35,42H,3-4,7-8,11-13,15H2,1H3/t19-,20-,23+,26-,27-,33?,35-/m1/s1. The maximum Gasteiger partial charge on any atom is 0.226 e. The van der Waals surface area contributed by atoms with Gasteiger partial charge < -0.3 is 14.8 Å². The van der Waals surface area contributed by atoms with Crippen molar-refractivity contribution < 1.29 is 13.6 Å². The number of rotatable bonds is 6. The highest BCUT2D eigenvalue weighted by atomic mass is 35.5. The SMILES string of the molecule is Cc1nc2c(F)c(-c3cccc(Cl)c3Cl)c(CCC#N)cc2c2c1cc([C@H]1[C@H]3C[C@H](C[C@H]3F)N1C(=O)C1CC1)n2C1[C@H]2CN[C@@H]1C2. The summed E-state index contributed by atoms with van der Waals surface area (Å²) in [5.41, 5.74) is 4.14. The number of carbonyl (C=O) groups is 1. The summed E-state index contributed by atoms with van der Waals surface area (Å²) in [7, 11) is 0. The molecule has 6 fully saturated rings. The van der Waals surface area contributed by atoms with Crippen LogP contribution in [0.2, 0.25) is 10.0 Å². The largest absolute Gasteiger partial charge is 0.337 e. The van der Waals surface area contributed by atoms with Gasteiger partial charge >= 0.3 is 0 Å². The molecule has 3 aliphatic carbocycles. The molecule has 7 atom stereocenters. The van der Waals surface area contributed by atoms with E-state index in [2.05, 4.69) is 22.0 Å². The Balaban J connectivity index is 1.33. The molecule has 6 nitrogen and oxygen atoms in total. The van der Waals surface area contributed by atoms with E-state index in [4.69, 9.17) is 28.2 Å². The first-order valence-electron chi connectivity index (χ1n) is 16.4. The Kier molecular flexibility index (Phi) is 6.52. The van der Waals surface area contributed by atoms with E-state index < -0.39 is 12.0 Å². The smallest absolute Gasteiger partial charge is 0.226 e. The molecule has 10 heteroatoms. The molecule has 6 aliphatic rings. The van der Waals surface area contributed by atoms with Crippen molar-refractivity contribution >= 4 is 50.9 Å². The first kappa shape index (κ1) is 28.9. The third kappa shape index (κ3) is 4.01. The van der Waals surface area contributed by atoms with Crippen LogP contribution < -0.4 is 5.32 Å². The predicted octanol–water partition coefficient (Wildman–Crippen LogP) is 8.01. The van der Waals surface area contributed by atoms with E-state index in [1.165, 1.54) is 0 Å². The van der Waals surface area contributed by atoms with E-state index >= 15 is 8.78 Å². The number of likely N-dealkylation sites (tertiary alicyclic amines) is 1. The van der Waals surface area contributed by atoms with Crippen LogP contribution >= 0.6 is 23.2 Å². The summed E-state index contributed by atoms with van der Waals surface area (Å²) in [4.78, 5) is 20.7. The van der Waals surface area contributed by atoms with Crippen LogP contribution in [-0.4, -0.2) is 45.2 Å². The summed E-state index contributed by atoms with van der Waals surface area (Å²) >= 11 is 13.0. The third-order valence-corrected chi connectivity index (χ3v) is 12.3. The fourth-order valence-electron chi connectivity index (χ4n) is 9.27. The zero-order chi connectivity index (χ0) is 31.6. The van der Waals surface area contributed by atoms with Gasteiger partial charge in [-0.25, -0.2) is 13.8 Å². The maximum absolute atomic E-state index is 17.0. The first-order chi connectivity index (χ1) is 22.3. The van der Waals surface area contributed by atoms with E-state index in [9.17, 15) is 10.1 Å². The van der Waals surface area contributed by atoms with E-state index in [1.54, 1.807) is 18.2 Å². The van der Waals surface area contributed by atoms with Crippen molar-refractivity contribution in [2.24, 2.45) is 17.8 Å². The number of piperidine rings is 1. The minimum absolute atomic E-state index is 0.0389. The van der Waals surface area contributed by atoms with Gasteiger partial charge in [-0.3, -0.25) is 4.79 Å². The molecular weight excluding hydrogens is 627 g/mol. The number of amides is 1. The maximum atomic E-state index is 17.0. The number of halogens is 4. The Morgan fingerprint density at radius 3 is 2.72 bits per heavy atom. The second-order valence-corrected chi connectivity index (χ2v) is 14.8. The van der Waals surface area contributed by atoms with Gasteiger partial charge in [0.1, 0.15) is 11.7 Å². The number of benzene rings is 2. The van der Waals surface area contributed by atoms with Crippen LogP contribution in [0.15, 0.2) is 30.3 Å². The summed E-state index contributed by atoms with van der Waals surface area (Å²) in [5.74, 6) is -0.179. The fourth-order valence-corrected chi connectivity index (χ4v) is 9.66. The molecule has 0 spiro atoms. The Labute approximate surface area is 275 Å². The Morgan fingerprint density at radius 2 is 2.00 bits per heavy atom. The molecule has 2 aromatic heterocycles. The van der Waals surface area contributed by atoms with Crippen molar-refractivity contribution in [3.63, 3.8) is 0 Å². The number of carbonyl (C=O) groups excluding carboxylic acids is 1. The molecule has 3 saturated heterocycles. The normalized spacial score (nSPS) is 29.6.